The number of unbranched alkanes of at least 4 members (excludes halogenated alkanes) is 13. The quantitative estimate of drug-likeness (QED) is 0.253. The van der Waals surface area contributed by atoms with Crippen LogP contribution in [0, 0.1) is 0 Å². The zero-order valence-electron chi connectivity index (χ0n) is 16.6. The highest BCUT2D eigenvalue weighted by Crippen LogP contribution is 2.14. The zero-order chi connectivity index (χ0) is 17.9. The predicted molar refractivity (Wildman–Crippen MR) is 106 cm³/mol. The maximum atomic E-state index is 11.6. The predicted octanol–water partition coefficient (Wildman–Crippen LogP) is 5.09. The first-order chi connectivity index (χ1) is 11.8. The molecule has 0 aromatic heterocycles. The summed E-state index contributed by atoms with van der Waals surface area (Å²) in [5.41, 5.74) is 0. The van der Waals surface area contributed by atoms with Crippen molar-refractivity contribution in [1.82, 2.24) is 0 Å². The van der Waals surface area contributed by atoms with Crippen LogP contribution in [-0.4, -0.2) is 29.2 Å². The van der Waals surface area contributed by atoms with Gasteiger partial charge >= 0.3 is 5.97 Å². The first-order valence-corrected chi connectivity index (χ1v) is 11.3. The van der Waals surface area contributed by atoms with Gasteiger partial charge in [-0.25, -0.2) is 0 Å². The van der Waals surface area contributed by atoms with Gasteiger partial charge in [0.05, 0.1) is 0 Å². The van der Waals surface area contributed by atoms with Gasteiger partial charge in [-0.05, 0) is 13.3 Å². The number of hydrogen-bond donors (Lipinski definition) is 0. The van der Waals surface area contributed by atoms with Crippen LogP contribution >= 0.6 is 0 Å². The van der Waals surface area contributed by atoms with Crippen LogP contribution in [0.5, 0.6) is 0 Å². The summed E-state index contributed by atoms with van der Waals surface area (Å²) in [6.45, 7) is 4.79. The Bertz CT molecular complexity index is 272. The molecule has 0 radical (unpaired) electrons. The van der Waals surface area contributed by atoms with E-state index in [4.69, 9.17) is 9.16 Å². The van der Waals surface area contributed by atoms with Gasteiger partial charge in [0.1, 0.15) is 0 Å². The maximum absolute atomic E-state index is 11.6. The molecule has 0 aromatic rings. The number of carbonyl (C=O) groups is 1. The van der Waals surface area contributed by atoms with Gasteiger partial charge in [-0.3, -0.25) is 4.79 Å². The Morgan fingerprint density at radius 2 is 1.17 bits per heavy atom. The summed E-state index contributed by atoms with van der Waals surface area (Å²) in [6.07, 6.45) is 19.4. The Morgan fingerprint density at radius 3 is 1.54 bits per heavy atom. The van der Waals surface area contributed by atoms with Crippen molar-refractivity contribution in [3.05, 3.63) is 0 Å². The van der Waals surface area contributed by atoms with Crippen LogP contribution in [0.4, 0.5) is 0 Å². The summed E-state index contributed by atoms with van der Waals surface area (Å²) in [7, 11) is 0.460. The molecule has 0 amide bonds. The van der Waals surface area contributed by atoms with E-state index in [-0.39, 0.29) is 12.1 Å². The van der Waals surface area contributed by atoms with Crippen LogP contribution in [-0.2, 0) is 14.0 Å². The third-order valence-electron chi connectivity index (χ3n) is 4.65. The van der Waals surface area contributed by atoms with Crippen LogP contribution < -0.4 is 0 Å². The van der Waals surface area contributed by atoms with Gasteiger partial charge in [0.25, 0.3) is 0 Å². The molecule has 0 aliphatic rings. The molecule has 0 bridgehead atoms. The fraction of sp³-hybridized carbons (Fsp3) is 0.950. The van der Waals surface area contributed by atoms with Gasteiger partial charge in [-0.1, -0.05) is 96.8 Å². The average molecular weight is 359 g/mol. The standard InChI is InChI=1S/C20H42O3Si/c1-3-5-6-7-8-9-10-11-12-13-14-15-16-17-18-19(22-4-2)20(21)23-24/h19H,3-18H2,1-2,24H3. The van der Waals surface area contributed by atoms with Gasteiger partial charge < -0.3 is 9.16 Å². The average Bonchev–Trinajstić information content (AvgIpc) is 2.60. The highest BCUT2D eigenvalue weighted by atomic mass is 28.2. The van der Waals surface area contributed by atoms with E-state index in [1.807, 2.05) is 6.92 Å². The lowest BCUT2D eigenvalue weighted by molar-refractivity contribution is -0.147. The van der Waals surface area contributed by atoms with Crippen LogP contribution in [0.15, 0.2) is 0 Å². The molecule has 1 atom stereocenters. The van der Waals surface area contributed by atoms with E-state index in [1.165, 1.54) is 83.5 Å². The molecule has 4 heteroatoms. The van der Waals surface area contributed by atoms with Crippen LogP contribution in [0.2, 0.25) is 0 Å². The topological polar surface area (TPSA) is 35.5 Å². The van der Waals surface area contributed by atoms with Gasteiger partial charge in [0.15, 0.2) is 6.10 Å². The highest BCUT2D eigenvalue weighted by Gasteiger charge is 2.17. The molecule has 0 aliphatic heterocycles. The minimum absolute atomic E-state index is 0.168. The maximum Gasteiger partial charge on any atom is 0.321 e. The molecule has 3 nitrogen and oxygen atoms in total. The lowest BCUT2D eigenvalue weighted by Gasteiger charge is -2.14. The Morgan fingerprint density at radius 1 is 0.750 bits per heavy atom. The molecule has 0 aromatic carbocycles. The molecule has 144 valence electrons. The van der Waals surface area contributed by atoms with E-state index in [1.54, 1.807) is 0 Å². The molecule has 0 saturated heterocycles. The van der Waals surface area contributed by atoms with Crippen molar-refractivity contribution in [2.45, 2.75) is 116 Å². The van der Waals surface area contributed by atoms with E-state index in [0.29, 0.717) is 17.1 Å². The van der Waals surface area contributed by atoms with Crippen LogP contribution in [0.25, 0.3) is 0 Å². The SMILES string of the molecule is CCCCCCCCCCCCCCCCC(OCC)C(=O)O[SiH3]. The van der Waals surface area contributed by atoms with Crippen molar-refractivity contribution < 1.29 is 14.0 Å². The third kappa shape index (κ3) is 15.2. The Labute approximate surface area is 153 Å². The van der Waals surface area contributed by atoms with Crippen molar-refractivity contribution in [1.29, 1.82) is 0 Å². The van der Waals surface area contributed by atoms with E-state index in [9.17, 15) is 4.79 Å². The number of rotatable bonds is 18. The van der Waals surface area contributed by atoms with Gasteiger partial charge in [0.2, 0.25) is 10.5 Å². The third-order valence-corrected chi connectivity index (χ3v) is 5.05. The molecule has 0 fully saturated rings. The van der Waals surface area contributed by atoms with Gasteiger partial charge in [0, 0.05) is 6.61 Å². The van der Waals surface area contributed by atoms with E-state index >= 15 is 0 Å². The second kappa shape index (κ2) is 19.0. The van der Waals surface area contributed by atoms with Crippen molar-refractivity contribution in [3.63, 3.8) is 0 Å². The number of hydrogen-bond acceptors (Lipinski definition) is 3. The largest absolute Gasteiger partial charge is 0.527 e. The molecule has 0 rings (SSSR count). The molecular formula is C20H42O3Si. The van der Waals surface area contributed by atoms with Crippen molar-refractivity contribution in [2.24, 2.45) is 0 Å². The lowest BCUT2D eigenvalue weighted by atomic mass is 10.0. The Balaban J connectivity index is 3.28. The smallest absolute Gasteiger partial charge is 0.321 e. The van der Waals surface area contributed by atoms with E-state index in [0.717, 1.165) is 12.8 Å². The van der Waals surface area contributed by atoms with Crippen molar-refractivity contribution >= 4 is 16.5 Å². The molecular weight excluding hydrogens is 316 g/mol. The zero-order valence-corrected chi connectivity index (χ0v) is 18.6. The van der Waals surface area contributed by atoms with Gasteiger partial charge in [-0.2, -0.15) is 0 Å². The number of carbonyl (C=O) groups excluding carboxylic acids is 1. The lowest BCUT2D eigenvalue weighted by Crippen LogP contribution is -2.26. The summed E-state index contributed by atoms with van der Waals surface area (Å²) < 4.78 is 10.4. The number of ether oxygens (including phenoxy) is 1. The highest BCUT2D eigenvalue weighted by molar-refractivity contribution is 6.06. The molecule has 0 spiro atoms. The molecule has 0 N–H and O–H groups in total. The van der Waals surface area contributed by atoms with Crippen molar-refractivity contribution in [3.8, 4) is 0 Å². The fourth-order valence-corrected chi connectivity index (χ4v) is 3.39. The summed E-state index contributed by atoms with van der Waals surface area (Å²) in [5, 5.41) is 0. The van der Waals surface area contributed by atoms with Crippen molar-refractivity contribution in [2.75, 3.05) is 6.61 Å². The minimum Gasteiger partial charge on any atom is -0.527 e. The first-order valence-electron chi connectivity index (χ1n) is 10.5. The molecule has 0 heterocycles. The first kappa shape index (κ1) is 23.6. The van der Waals surface area contributed by atoms with Crippen LogP contribution in [0.3, 0.4) is 0 Å². The van der Waals surface area contributed by atoms with E-state index in [2.05, 4.69) is 6.92 Å². The van der Waals surface area contributed by atoms with Gasteiger partial charge in [-0.15, -0.1) is 0 Å². The Hall–Kier alpha value is -0.353. The normalized spacial score (nSPS) is 12.4. The molecule has 24 heavy (non-hydrogen) atoms. The summed E-state index contributed by atoms with van der Waals surface area (Å²) in [5.74, 6) is -0.168. The minimum atomic E-state index is -0.329. The molecule has 0 saturated carbocycles. The Kier molecular flexibility index (Phi) is 18.7. The monoisotopic (exact) mass is 358 g/mol. The molecule has 0 aliphatic carbocycles. The van der Waals surface area contributed by atoms with Crippen LogP contribution in [0.1, 0.15) is 110 Å². The summed E-state index contributed by atoms with van der Waals surface area (Å²) in [4.78, 5) is 11.6. The second-order valence-electron chi connectivity index (χ2n) is 6.85. The van der Waals surface area contributed by atoms with E-state index < -0.39 is 0 Å². The summed E-state index contributed by atoms with van der Waals surface area (Å²) in [6, 6.07) is 0. The molecule has 1 unspecified atom stereocenters. The fourth-order valence-electron chi connectivity index (χ4n) is 3.13. The summed E-state index contributed by atoms with van der Waals surface area (Å²) >= 11 is 0. The second-order valence-corrected chi connectivity index (χ2v) is 7.26.